The van der Waals surface area contributed by atoms with Crippen molar-refractivity contribution in [3.05, 3.63) is 5.70 Å². The zero-order chi connectivity index (χ0) is 8.34. The lowest BCUT2D eigenvalue weighted by Crippen LogP contribution is -2.36. The molecular formula is C8H8N2O2. The van der Waals surface area contributed by atoms with Gasteiger partial charge in [-0.25, -0.2) is 9.59 Å². The van der Waals surface area contributed by atoms with Gasteiger partial charge in [0.25, 0.3) is 0 Å². The Morgan fingerprint density at radius 2 is 2.42 bits per heavy atom. The lowest BCUT2D eigenvalue weighted by molar-refractivity contribution is 0.242. The van der Waals surface area contributed by atoms with Gasteiger partial charge in [-0.15, -0.1) is 0 Å². The van der Waals surface area contributed by atoms with Crippen LogP contribution in [0.3, 0.4) is 0 Å². The van der Waals surface area contributed by atoms with Crippen molar-refractivity contribution in [2.24, 2.45) is 11.3 Å². The van der Waals surface area contributed by atoms with Gasteiger partial charge in [-0.3, -0.25) is 0 Å². The van der Waals surface area contributed by atoms with Crippen LogP contribution in [0.1, 0.15) is 12.8 Å². The van der Waals surface area contributed by atoms with Gasteiger partial charge in [-0.2, -0.15) is 0 Å². The van der Waals surface area contributed by atoms with Crippen LogP contribution in [-0.4, -0.2) is 18.0 Å². The van der Waals surface area contributed by atoms with Crippen molar-refractivity contribution in [2.75, 3.05) is 0 Å². The van der Waals surface area contributed by atoms with Crippen LogP contribution in [0, 0.1) is 11.3 Å². The summed E-state index contributed by atoms with van der Waals surface area (Å²) in [4.78, 5) is 21.4. The topological polar surface area (TPSA) is 58.2 Å². The molecule has 0 aromatic rings. The van der Waals surface area contributed by atoms with Crippen LogP contribution in [-0.2, 0) is 4.79 Å². The van der Waals surface area contributed by atoms with Crippen LogP contribution in [0.25, 0.3) is 0 Å². The minimum Gasteiger partial charge on any atom is -0.334 e. The molecule has 2 saturated carbocycles. The fourth-order valence-electron chi connectivity index (χ4n) is 2.32. The van der Waals surface area contributed by atoms with Crippen molar-refractivity contribution in [3.63, 3.8) is 0 Å². The first-order valence-electron chi connectivity index (χ1n) is 4.08. The normalized spacial score (nSPS) is 47.3. The van der Waals surface area contributed by atoms with Gasteiger partial charge in [0.1, 0.15) is 11.6 Å². The quantitative estimate of drug-likeness (QED) is 0.487. The predicted octanol–water partition coefficient (Wildman–Crippen LogP) is -0.207. The maximum absolute atomic E-state index is 11.0. The highest BCUT2D eigenvalue weighted by molar-refractivity contribution is 5.81. The Bertz CT molecular complexity index is 332. The monoisotopic (exact) mass is 164 g/mol. The minimum atomic E-state index is -0.248. The van der Waals surface area contributed by atoms with E-state index in [0.717, 1.165) is 6.42 Å². The first-order chi connectivity index (χ1) is 5.76. The molecule has 2 N–H and O–H groups in total. The zero-order valence-electron chi connectivity index (χ0n) is 6.39. The molecule has 0 radical (unpaired) electrons. The van der Waals surface area contributed by atoms with E-state index in [1.165, 1.54) is 0 Å². The van der Waals surface area contributed by atoms with E-state index in [2.05, 4.69) is 10.6 Å². The summed E-state index contributed by atoms with van der Waals surface area (Å²) in [5.74, 6) is 2.42. The Kier molecular flexibility index (Phi) is 0.817. The Balaban J connectivity index is 1.93. The molecule has 1 saturated heterocycles. The fraction of sp³-hybridized carbons (Fsp3) is 0.625. The maximum atomic E-state index is 11.0. The van der Waals surface area contributed by atoms with Crippen LogP contribution in [0.5, 0.6) is 0 Å². The van der Waals surface area contributed by atoms with Crippen LogP contribution in [0.2, 0.25) is 0 Å². The largest absolute Gasteiger partial charge is 0.334 e. The minimum absolute atomic E-state index is 0.248. The zero-order valence-corrected chi connectivity index (χ0v) is 6.39. The molecule has 4 nitrogen and oxygen atoms in total. The molecule has 3 aliphatic rings. The highest BCUT2D eigenvalue weighted by Gasteiger charge is 2.79. The van der Waals surface area contributed by atoms with Gasteiger partial charge in [0.15, 0.2) is 0 Å². The SMILES string of the molecule is O=C=C1CC23CC2C3NC(=O)N1. The Morgan fingerprint density at radius 1 is 1.58 bits per heavy atom. The van der Waals surface area contributed by atoms with Crippen molar-refractivity contribution in [2.45, 2.75) is 18.9 Å². The fourth-order valence-corrected chi connectivity index (χ4v) is 2.32. The second-order valence-electron chi connectivity index (χ2n) is 3.88. The van der Waals surface area contributed by atoms with Gasteiger partial charge in [0.05, 0.1) is 0 Å². The predicted molar refractivity (Wildman–Crippen MR) is 39.8 cm³/mol. The van der Waals surface area contributed by atoms with Gasteiger partial charge >= 0.3 is 6.03 Å². The number of urea groups is 1. The molecule has 1 aliphatic heterocycles. The molecule has 1 spiro atoms. The highest BCUT2D eigenvalue weighted by Crippen LogP contribution is 2.77. The first kappa shape index (κ1) is 6.26. The summed E-state index contributed by atoms with van der Waals surface area (Å²) in [7, 11) is 0. The van der Waals surface area contributed by atoms with E-state index in [1.807, 2.05) is 0 Å². The van der Waals surface area contributed by atoms with Gasteiger partial charge in [0, 0.05) is 17.9 Å². The molecule has 0 bridgehead atoms. The number of amides is 2. The molecule has 3 atom stereocenters. The van der Waals surface area contributed by atoms with Gasteiger partial charge in [-0.05, 0) is 12.3 Å². The third-order valence-electron chi connectivity index (χ3n) is 3.27. The third kappa shape index (κ3) is 0.551. The van der Waals surface area contributed by atoms with Gasteiger partial charge < -0.3 is 10.6 Å². The maximum Gasteiger partial charge on any atom is 0.319 e. The van der Waals surface area contributed by atoms with Gasteiger partial charge in [0.2, 0.25) is 0 Å². The molecule has 0 aromatic heterocycles. The van der Waals surface area contributed by atoms with E-state index in [0.29, 0.717) is 24.1 Å². The van der Waals surface area contributed by atoms with Crippen LogP contribution >= 0.6 is 0 Å². The van der Waals surface area contributed by atoms with E-state index in [-0.39, 0.29) is 11.4 Å². The average Bonchev–Trinajstić information content (AvgIpc) is 2.86. The van der Waals surface area contributed by atoms with E-state index >= 15 is 0 Å². The molecular weight excluding hydrogens is 156 g/mol. The molecule has 1 heterocycles. The van der Waals surface area contributed by atoms with E-state index < -0.39 is 0 Å². The molecule has 3 fully saturated rings. The smallest absolute Gasteiger partial charge is 0.319 e. The van der Waals surface area contributed by atoms with Crippen LogP contribution < -0.4 is 10.6 Å². The highest BCUT2D eigenvalue weighted by atomic mass is 16.2. The second kappa shape index (κ2) is 1.57. The molecule has 12 heavy (non-hydrogen) atoms. The summed E-state index contributed by atoms with van der Waals surface area (Å²) in [6.07, 6.45) is 1.86. The number of rotatable bonds is 0. The van der Waals surface area contributed by atoms with Crippen molar-refractivity contribution >= 4 is 12.0 Å². The van der Waals surface area contributed by atoms with Crippen molar-refractivity contribution < 1.29 is 9.59 Å². The second-order valence-corrected chi connectivity index (χ2v) is 3.88. The van der Waals surface area contributed by atoms with Crippen LogP contribution in [0.15, 0.2) is 5.70 Å². The van der Waals surface area contributed by atoms with E-state index in [1.54, 1.807) is 5.94 Å². The number of allylic oxidation sites excluding steroid dienone is 1. The van der Waals surface area contributed by atoms with Crippen molar-refractivity contribution in [3.8, 4) is 0 Å². The molecule has 62 valence electrons. The molecule has 3 unspecified atom stereocenters. The third-order valence-corrected chi connectivity index (χ3v) is 3.27. The lowest BCUT2D eigenvalue weighted by Gasteiger charge is -2.05. The number of fused-ring (bicyclic) bond motifs is 1. The lowest BCUT2D eigenvalue weighted by atomic mass is 10.1. The van der Waals surface area contributed by atoms with E-state index in [4.69, 9.17) is 0 Å². The average molecular weight is 164 g/mol. The first-order valence-corrected chi connectivity index (χ1v) is 4.08. The standard InChI is InChI=1S/C8H8N2O2/c11-3-4-1-8-2-5(8)6(8)10-7(12)9-4/h5-6H,1-2H2,(H2,9,10,12). The Morgan fingerprint density at radius 3 is 3.08 bits per heavy atom. The van der Waals surface area contributed by atoms with Crippen LogP contribution in [0.4, 0.5) is 4.79 Å². The summed E-state index contributed by atoms with van der Waals surface area (Å²) < 4.78 is 0. The number of nitrogens with one attached hydrogen (secondary N) is 2. The summed E-state index contributed by atoms with van der Waals surface area (Å²) in [6.45, 7) is 0. The summed E-state index contributed by atoms with van der Waals surface area (Å²) in [5, 5.41) is 5.30. The molecule has 2 amide bonds. The number of hydrogen-bond acceptors (Lipinski definition) is 2. The Hall–Kier alpha value is -1.28. The van der Waals surface area contributed by atoms with E-state index in [9.17, 15) is 9.59 Å². The molecule has 2 aliphatic carbocycles. The number of hydrogen-bond donors (Lipinski definition) is 2. The summed E-state index contributed by atoms with van der Waals surface area (Å²) in [6, 6.07) is 0.0887. The summed E-state index contributed by atoms with van der Waals surface area (Å²) in [5.41, 5.74) is 0.668. The molecule has 4 heteroatoms. The number of carbonyl (C=O) groups is 1. The van der Waals surface area contributed by atoms with Crippen molar-refractivity contribution in [1.29, 1.82) is 0 Å². The summed E-state index contributed by atoms with van der Waals surface area (Å²) >= 11 is 0. The van der Waals surface area contributed by atoms with Crippen molar-refractivity contribution in [1.82, 2.24) is 10.6 Å². The molecule has 3 rings (SSSR count). The molecule has 0 aromatic carbocycles. The Labute approximate surface area is 69.0 Å². The number of carbonyl (C=O) groups excluding carboxylic acids is 2. The van der Waals surface area contributed by atoms with Gasteiger partial charge in [-0.1, -0.05) is 0 Å².